The molecule has 3 aromatic rings. The van der Waals surface area contributed by atoms with Gasteiger partial charge in [-0.1, -0.05) is 13.0 Å². The number of hydrogen-bond donors (Lipinski definition) is 2. The number of Topliss-reactive ketones (excluding diaryl/α,β-unsaturated/α-hetero) is 1. The molecule has 1 fully saturated rings. The molecule has 10 heteroatoms. The van der Waals surface area contributed by atoms with E-state index in [-0.39, 0.29) is 40.5 Å². The summed E-state index contributed by atoms with van der Waals surface area (Å²) in [5.41, 5.74) is 1.56. The minimum Gasteiger partial charge on any atom is -0.422 e. The first kappa shape index (κ1) is 26.3. The molecular weight excluding hydrogens is 489 g/mol. The maximum absolute atomic E-state index is 15.2. The van der Waals surface area contributed by atoms with E-state index < -0.39 is 29.8 Å². The van der Waals surface area contributed by atoms with Crippen LogP contribution in [-0.4, -0.2) is 42.9 Å². The first-order valence-electron chi connectivity index (χ1n) is 12.0. The zero-order valence-electron chi connectivity index (χ0n) is 21.1. The number of amides is 2. The molecule has 0 saturated heterocycles. The van der Waals surface area contributed by atoms with E-state index in [1.165, 1.54) is 30.5 Å². The summed E-state index contributed by atoms with van der Waals surface area (Å²) in [7, 11) is 3.67. The Morgan fingerprint density at radius 2 is 1.97 bits per heavy atom. The maximum Gasteiger partial charge on any atom is 0.343 e. The fourth-order valence-electron chi connectivity index (χ4n) is 4.03. The van der Waals surface area contributed by atoms with Crippen molar-refractivity contribution < 1.29 is 23.5 Å². The first-order valence-corrected chi connectivity index (χ1v) is 12.0. The Balaban J connectivity index is 1.57. The van der Waals surface area contributed by atoms with Crippen molar-refractivity contribution in [1.82, 2.24) is 10.3 Å². The van der Waals surface area contributed by atoms with E-state index in [9.17, 15) is 14.4 Å². The van der Waals surface area contributed by atoms with E-state index in [4.69, 9.17) is 10.00 Å². The van der Waals surface area contributed by atoms with Gasteiger partial charge in [0.2, 0.25) is 0 Å². The molecule has 194 valence electrons. The number of hydrogen-bond acceptors (Lipinski definition) is 7. The van der Waals surface area contributed by atoms with Crippen LogP contribution in [0.3, 0.4) is 0 Å². The lowest BCUT2D eigenvalue weighted by atomic mass is 9.99. The minimum absolute atomic E-state index is 0.0724. The van der Waals surface area contributed by atoms with Gasteiger partial charge in [0.15, 0.2) is 5.78 Å². The van der Waals surface area contributed by atoms with Crippen molar-refractivity contribution >= 4 is 29.3 Å². The van der Waals surface area contributed by atoms with Crippen LogP contribution >= 0.6 is 0 Å². The molecule has 1 aromatic heterocycles. The van der Waals surface area contributed by atoms with Crippen molar-refractivity contribution in [3.05, 3.63) is 82.8 Å². The topological polar surface area (TPSA) is 124 Å². The summed E-state index contributed by atoms with van der Waals surface area (Å²) < 4.78 is 20.9. The highest BCUT2D eigenvalue weighted by Crippen LogP contribution is 2.47. The molecule has 4 rings (SSSR count). The van der Waals surface area contributed by atoms with E-state index in [0.717, 1.165) is 5.69 Å². The van der Waals surface area contributed by atoms with Gasteiger partial charge in [0.25, 0.3) is 0 Å². The van der Waals surface area contributed by atoms with Gasteiger partial charge in [-0.05, 0) is 48.9 Å². The third-order valence-electron chi connectivity index (χ3n) is 6.17. The molecule has 1 heterocycles. The van der Waals surface area contributed by atoms with Crippen LogP contribution in [0.5, 0.6) is 5.75 Å². The van der Waals surface area contributed by atoms with Gasteiger partial charge in [-0.2, -0.15) is 5.26 Å². The third kappa shape index (κ3) is 5.78. The molecule has 38 heavy (non-hydrogen) atoms. The van der Waals surface area contributed by atoms with Gasteiger partial charge < -0.3 is 15.0 Å². The van der Waals surface area contributed by atoms with Gasteiger partial charge in [-0.15, -0.1) is 0 Å². The van der Waals surface area contributed by atoms with Gasteiger partial charge >= 0.3 is 12.0 Å². The molecule has 0 aliphatic heterocycles. The minimum atomic E-state index is -0.722. The Hall–Kier alpha value is -4.78. The van der Waals surface area contributed by atoms with Gasteiger partial charge in [0, 0.05) is 49.9 Å². The zero-order valence-corrected chi connectivity index (χ0v) is 21.1. The number of nitriles is 1. The second kappa shape index (κ2) is 11.1. The average Bonchev–Trinajstić information content (AvgIpc) is 3.66. The third-order valence-corrected chi connectivity index (χ3v) is 6.17. The van der Waals surface area contributed by atoms with E-state index in [1.54, 1.807) is 25.1 Å². The summed E-state index contributed by atoms with van der Waals surface area (Å²) in [4.78, 5) is 44.1. The van der Waals surface area contributed by atoms with Crippen LogP contribution in [0.1, 0.15) is 57.5 Å². The second-order valence-electron chi connectivity index (χ2n) is 9.04. The summed E-state index contributed by atoms with van der Waals surface area (Å²) in [6, 6.07) is 13.2. The van der Waals surface area contributed by atoms with Crippen molar-refractivity contribution in [2.75, 3.05) is 24.3 Å². The molecule has 0 radical (unpaired) electrons. The van der Waals surface area contributed by atoms with Crippen molar-refractivity contribution in [2.24, 2.45) is 0 Å². The van der Waals surface area contributed by atoms with Crippen LogP contribution in [0.15, 0.2) is 54.7 Å². The van der Waals surface area contributed by atoms with Crippen molar-refractivity contribution in [3.8, 4) is 11.8 Å². The monoisotopic (exact) mass is 515 g/mol. The van der Waals surface area contributed by atoms with Crippen molar-refractivity contribution in [2.45, 2.75) is 31.7 Å². The highest BCUT2D eigenvalue weighted by Gasteiger charge is 2.44. The number of ketones is 1. The van der Waals surface area contributed by atoms with Crippen LogP contribution in [-0.2, 0) is 0 Å². The predicted octanol–water partition coefficient (Wildman–Crippen LogP) is 4.65. The summed E-state index contributed by atoms with van der Waals surface area (Å²) in [5, 5.41) is 14.2. The van der Waals surface area contributed by atoms with Crippen LogP contribution in [0, 0.1) is 17.1 Å². The van der Waals surface area contributed by atoms with Crippen LogP contribution < -0.4 is 20.3 Å². The standard InChI is InChI=1S/C28H26FN5O4/c1-4-23(35)19-9-10-21(29)25(26(19)38-27(36)17-6-5-7-18(12-17)34(2)3)20-13-22(20)32-28(37)33-24-11-8-16(14-30)15-31-24/h5-12,15,20,22H,4,13H2,1-3H3,(H2,31,32,33,37). The van der Waals surface area contributed by atoms with Crippen LogP contribution in [0.25, 0.3) is 0 Å². The number of anilines is 2. The highest BCUT2D eigenvalue weighted by atomic mass is 19.1. The number of halogens is 1. The number of ether oxygens (including phenoxy) is 1. The molecule has 2 unspecified atom stereocenters. The van der Waals surface area contributed by atoms with Crippen molar-refractivity contribution in [1.29, 1.82) is 5.26 Å². The smallest absolute Gasteiger partial charge is 0.343 e. The average molecular weight is 516 g/mol. The van der Waals surface area contributed by atoms with E-state index in [0.29, 0.717) is 12.0 Å². The van der Waals surface area contributed by atoms with Gasteiger partial charge in [-0.25, -0.2) is 19.0 Å². The number of pyridine rings is 1. The number of carbonyl (C=O) groups is 3. The molecular formula is C28H26FN5O4. The Labute approximate surface area is 219 Å². The van der Waals surface area contributed by atoms with Crippen LogP contribution in [0.2, 0.25) is 0 Å². The van der Waals surface area contributed by atoms with Gasteiger partial charge in [0.1, 0.15) is 23.5 Å². The highest BCUT2D eigenvalue weighted by molar-refractivity contribution is 6.01. The number of benzene rings is 2. The number of carbonyl (C=O) groups excluding carboxylic acids is 3. The molecule has 2 aromatic carbocycles. The molecule has 9 nitrogen and oxygen atoms in total. The predicted molar refractivity (Wildman–Crippen MR) is 139 cm³/mol. The molecule has 0 spiro atoms. The number of nitrogens with one attached hydrogen (secondary N) is 2. The molecule has 2 atom stereocenters. The Morgan fingerprint density at radius 1 is 1.18 bits per heavy atom. The van der Waals surface area contributed by atoms with Crippen molar-refractivity contribution in [3.63, 3.8) is 0 Å². The number of aromatic nitrogens is 1. The molecule has 1 aliphatic rings. The van der Waals surface area contributed by atoms with E-state index in [1.807, 2.05) is 31.1 Å². The fourth-order valence-corrected chi connectivity index (χ4v) is 4.03. The second-order valence-corrected chi connectivity index (χ2v) is 9.04. The normalized spacial score (nSPS) is 15.7. The van der Waals surface area contributed by atoms with Gasteiger partial charge in [-0.3, -0.25) is 10.1 Å². The van der Waals surface area contributed by atoms with Gasteiger partial charge in [0.05, 0.1) is 16.7 Å². The SMILES string of the molecule is CCC(=O)c1ccc(F)c(C2CC2NC(=O)Nc2ccc(C#N)cn2)c1OC(=O)c1cccc(N(C)C)c1. The largest absolute Gasteiger partial charge is 0.422 e. The lowest BCUT2D eigenvalue weighted by Crippen LogP contribution is -2.31. The van der Waals surface area contributed by atoms with E-state index >= 15 is 4.39 Å². The number of esters is 1. The molecule has 0 bridgehead atoms. The lowest BCUT2D eigenvalue weighted by molar-refractivity contribution is 0.0730. The van der Waals surface area contributed by atoms with E-state index in [2.05, 4.69) is 15.6 Å². The quantitative estimate of drug-likeness (QED) is 0.254. The maximum atomic E-state index is 15.2. The molecule has 1 aliphatic carbocycles. The Kier molecular flexibility index (Phi) is 7.67. The Bertz CT molecular complexity index is 1430. The summed E-state index contributed by atoms with van der Waals surface area (Å²) in [6.07, 6.45) is 1.85. The number of nitrogens with zero attached hydrogens (tertiary/aromatic N) is 3. The molecule has 2 N–H and O–H groups in total. The number of rotatable bonds is 8. The zero-order chi connectivity index (χ0) is 27.4. The fraction of sp³-hybridized carbons (Fsp3) is 0.250. The summed E-state index contributed by atoms with van der Waals surface area (Å²) >= 11 is 0. The molecule has 1 saturated carbocycles. The Morgan fingerprint density at radius 3 is 2.63 bits per heavy atom. The lowest BCUT2D eigenvalue weighted by Gasteiger charge is -2.17. The molecule has 2 amide bonds. The summed E-state index contributed by atoms with van der Waals surface area (Å²) in [5.74, 6) is -2.04. The number of urea groups is 1. The first-order chi connectivity index (χ1) is 18.2. The van der Waals surface area contributed by atoms with Crippen LogP contribution in [0.4, 0.5) is 20.7 Å². The summed E-state index contributed by atoms with van der Waals surface area (Å²) in [6.45, 7) is 1.67.